The molecule has 1 aromatic heterocycles. The molecule has 0 fully saturated rings. The summed E-state index contributed by atoms with van der Waals surface area (Å²) in [6.45, 7) is 2.11. The largest absolute Gasteiger partial charge is 0.361 e. The van der Waals surface area contributed by atoms with Crippen LogP contribution >= 0.6 is 0 Å². The van der Waals surface area contributed by atoms with Crippen molar-refractivity contribution >= 4 is 21.7 Å². The van der Waals surface area contributed by atoms with Crippen LogP contribution in [0.25, 0.3) is 21.7 Å². The minimum Gasteiger partial charge on any atom is -0.361 e. The van der Waals surface area contributed by atoms with E-state index in [1.54, 1.807) is 0 Å². The molecule has 0 amide bonds. The molecule has 0 bridgehead atoms. The number of para-hydroxylation sites is 1. The van der Waals surface area contributed by atoms with E-state index in [0.29, 0.717) is 0 Å². The normalized spacial score (nSPS) is 10.2. The first-order valence-corrected chi connectivity index (χ1v) is 6.81. The number of nitrogens with one attached hydrogen (secondary N) is 1. The summed E-state index contributed by atoms with van der Waals surface area (Å²) >= 11 is 0. The lowest BCUT2D eigenvalue weighted by atomic mass is 10.1. The zero-order chi connectivity index (χ0) is 13.8. The van der Waals surface area contributed by atoms with Crippen LogP contribution in [0.2, 0.25) is 0 Å². The summed E-state index contributed by atoms with van der Waals surface area (Å²) in [4.78, 5) is 3.19. The SMILES string of the molecule is Cc1c[nH]c2ccccc12.c1ccc2ccccc2c1. The van der Waals surface area contributed by atoms with Gasteiger partial charge in [-0.05, 0) is 29.3 Å². The second kappa shape index (κ2) is 5.62. The van der Waals surface area contributed by atoms with Crippen LogP contribution in [0.5, 0.6) is 0 Å². The van der Waals surface area contributed by atoms with Crippen molar-refractivity contribution in [2.24, 2.45) is 0 Å². The third-order valence-corrected chi connectivity index (χ3v) is 3.45. The summed E-state index contributed by atoms with van der Waals surface area (Å²) in [5.41, 5.74) is 2.54. The maximum atomic E-state index is 3.19. The Bertz CT molecular complexity index is 762. The van der Waals surface area contributed by atoms with Crippen molar-refractivity contribution in [3.63, 3.8) is 0 Å². The number of fused-ring (bicyclic) bond motifs is 2. The van der Waals surface area contributed by atoms with Crippen LogP contribution in [0.1, 0.15) is 5.56 Å². The Labute approximate surface area is 118 Å². The van der Waals surface area contributed by atoms with Gasteiger partial charge in [-0.25, -0.2) is 0 Å². The molecule has 4 aromatic rings. The number of hydrogen-bond acceptors (Lipinski definition) is 0. The van der Waals surface area contributed by atoms with Gasteiger partial charge in [0.2, 0.25) is 0 Å². The van der Waals surface area contributed by atoms with Crippen molar-refractivity contribution in [1.82, 2.24) is 4.98 Å². The van der Waals surface area contributed by atoms with Crippen LogP contribution < -0.4 is 0 Å². The van der Waals surface area contributed by atoms with Gasteiger partial charge < -0.3 is 4.98 Å². The van der Waals surface area contributed by atoms with Crippen LogP contribution in [-0.4, -0.2) is 4.98 Å². The molecular formula is C19H17N. The molecule has 98 valence electrons. The molecule has 0 saturated carbocycles. The van der Waals surface area contributed by atoms with Gasteiger partial charge in [0.15, 0.2) is 0 Å². The van der Waals surface area contributed by atoms with Crippen LogP contribution in [0, 0.1) is 6.92 Å². The van der Waals surface area contributed by atoms with Gasteiger partial charge >= 0.3 is 0 Å². The Balaban J connectivity index is 0.000000121. The molecule has 0 atom stereocenters. The average molecular weight is 259 g/mol. The standard InChI is InChI=1S/C10H8.C9H9N/c1-2-6-10-8-4-3-7-9(10)5-1;1-7-6-10-9-5-3-2-4-8(7)9/h1-8H;2-6,10H,1H3. The zero-order valence-corrected chi connectivity index (χ0v) is 11.5. The Kier molecular flexibility index (Phi) is 3.51. The molecule has 1 heteroatoms. The van der Waals surface area contributed by atoms with Gasteiger partial charge in [0.1, 0.15) is 0 Å². The summed E-state index contributed by atoms with van der Waals surface area (Å²) in [7, 11) is 0. The van der Waals surface area contributed by atoms with Gasteiger partial charge in [0.05, 0.1) is 0 Å². The zero-order valence-electron chi connectivity index (χ0n) is 11.5. The molecule has 1 heterocycles. The molecule has 0 spiro atoms. The first-order valence-electron chi connectivity index (χ1n) is 6.81. The molecule has 0 aliphatic heterocycles. The van der Waals surface area contributed by atoms with Gasteiger partial charge in [-0.1, -0.05) is 66.7 Å². The van der Waals surface area contributed by atoms with E-state index in [1.165, 1.54) is 27.2 Å². The van der Waals surface area contributed by atoms with Gasteiger partial charge in [-0.2, -0.15) is 0 Å². The maximum Gasteiger partial charge on any atom is 0.0456 e. The lowest BCUT2D eigenvalue weighted by molar-refractivity contribution is 1.43. The minimum atomic E-state index is 1.22. The van der Waals surface area contributed by atoms with E-state index >= 15 is 0 Å². The van der Waals surface area contributed by atoms with Crippen molar-refractivity contribution < 1.29 is 0 Å². The molecule has 1 N–H and O–H groups in total. The van der Waals surface area contributed by atoms with Crippen LogP contribution in [0.3, 0.4) is 0 Å². The average Bonchev–Trinajstić information content (AvgIpc) is 2.90. The van der Waals surface area contributed by atoms with Crippen LogP contribution in [0.15, 0.2) is 79.0 Å². The van der Waals surface area contributed by atoms with E-state index in [2.05, 4.69) is 78.6 Å². The number of aryl methyl sites for hydroxylation is 1. The smallest absolute Gasteiger partial charge is 0.0456 e. The molecule has 0 unspecified atom stereocenters. The first-order chi connectivity index (χ1) is 9.84. The molecule has 0 saturated heterocycles. The molecule has 3 aromatic carbocycles. The van der Waals surface area contributed by atoms with E-state index in [-0.39, 0.29) is 0 Å². The Morgan fingerprint density at radius 1 is 0.650 bits per heavy atom. The number of benzene rings is 3. The van der Waals surface area contributed by atoms with Crippen molar-refractivity contribution in [3.05, 3.63) is 84.6 Å². The molecule has 20 heavy (non-hydrogen) atoms. The van der Waals surface area contributed by atoms with Crippen LogP contribution in [0.4, 0.5) is 0 Å². The highest BCUT2D eigenvalue weighted by atomic mass is 14.7. The highest BCUT2D eigenvalue weighted by Crippen LogP contribution is 2.15. The Morgan fingerprint density at radius 3 is 1.70 bits per heavy atom. The molecular weight excluding hydrogens is 242 g/mol. The highest BCUT2D eigenvalue weighted by molar-refractivity contribution is 5.83. The van der Waals surface area contributed by atoms with Gasteiger partial charge in [-0.3, -0.25) is 0 Å². The number of H-pyrrole nitrogens is 1. The Morgan fingerprint density at radius 2 is 1.15 bits per heavy atom. The van der Waals surface area contributed by atoms with Crippen molar-refractivity contribution in [2.75, 3.05) is 0 Å². The Hall–Kier alpha value is -2.54. The third kappa shape index (κ3) is 2.57. The maximum absolute atomic E-state index is 3.19. The summed E-state index contributed by atoms with van der Waals surface area (Å²) in [6, 6.07) is 25.0. The molecule has 0 aliphatic carbocycles. The summed E-state index contributed by atoms with van der Waals surface area (Å²) in [5, 5.41) is 3.94. The van der Waals surface area contributed by atoms with E-state index in [0.717, 1.165) is 0 Å². The topological polar surface area (TPSA) is 15.8 Å². The second-order valence-corrected chi connectivity index (χ2v) is 4.86. The number of aromatic nitrogens is 1. The molecule has 0 radical (unpaired) electrons. The van der Waals surface area contributed by atoms with Crippen molar-refractivity contribution in [3.8, 4) is 0 Å². The first kappa shape index (κ1) is 12.5. The van der Waals surface area contributed by atoms with E-state index in [4.69, 9.17) is 0 Å². The number of rotatable bonds is 0. The van der Waals surface area contributed by atoms with Gasteiger partial charge in [0, 0.05) is 17.1 Å². The minimum absolute atomic E-state index is 1.22. The molecule has 4 rings (SSSR count). The quantitative estimate of drug-likeness (QED) is 0.440. The van der Waals surface area contributed by atoms with Crippen LogP contribution in [-0.2, 0) is 0 Å². The highest BCUT2D eigenvalue weighted by Gasteiger charge is 1.94. The summed E-state index contributed by atoms with van der Waals surface area (Å²) < 4.78 is 0. The fourth-order valence-corrected chi connectivity index (χ4v) is 2.35. The molecule has 1 nitrogen and oxygen atoms in total. The predicted octanol–water partition coefficient (Wildman–Crippen LogP) is 5.32. The fourth-order valence-electron chi connectivity index (χ4n) is 2.35. The third-order valence-electron chi connectivity index (χ3n) is 3.45. The lowest BCUT2D eigenvalue weighted by Crippen LogP contribution is -1.67. The summed E-state index contributed by atoms with van der Waals surface area (Å²) in [5.74, 6) is 0. The number of hydrogen-bond donors (Lipinski definition) is 1. The van der Waals surface area contributed by atoms with Crippen molar-refractivity contribution in [1.29, 1.82) is 0 Å². The number of aromatic amines is 1. The predicted molar refractivity (Wildman–Crippen MR) is 87.0 cm³/mol. The second-order valence-electron chi connectivity index (χ2n) is 4.86. The molecule has 0 aliphatic rings. The van der Waals surface area contributed by atoms with Crippen molar-refractivity contribution in [2.45, 2.75) is 6.92 Å². The summed E-state index contributed by atoms with van der Waals surface area (Å²) in [6.07, 6.45) is 2.03. The van der Waals surface area contributed by atoms with E-state index in [9.17, 15) is 0 Å². The monoisotopic (exact) mass is 259 g/mol. The van der Waals surface area contributed by atoms with Gasteiger partial charge in [-0.15, -0.1) is 0 Å². The fraction of sp³-hybridized carbons (Fsp3) is 0.0526. The van der Waals surface area contributed by atoms with E-state index in [1.807, 2.05) is 12.3 Å². The lowest BCUT2D eigenvalue weighted by Gasteiger charge is -1.92. The van der Waals surface area contributed by atoms with Gasteiger partial charge in [0.25, 0.3) is 0 Å². The van der Waals surface area contributed by atoms with E-state index < -0.39 is 0 Å².